The highest BCUT2D eigenvalue weighted by Crippen LogP contribution is 2.28. The average Bonchev–Trinajstić information content (AvgIpc) is 2.76. The smallest absolute Gasteiger partial charge is 0.0459 e. The van der Waals surface area contributed by atoms with Gasteiger partial charge >= 0.3 is 0 Å². The van der Waals surface area contributed by atoms with Crippen molar-refractivity contribution in [3.8, 4) is 11.1 Å². The van der Waals surface area contributed by atoms with Gasteiger partial charge in [0.2, 0.25) is 0 Å². The van der Waals surface area contributed by atoms with Gasteiger partial charge in [-0.1, -0.05) is 43.3 Å². The predicted molar refractivity (Wildman–Crippen MR) is 77.8 cm³/mol. The number of hydrogen-bond donors (Lipinski definition) is 1. The van der Waals surface area contributed by atoms with Crippen LogP contribution in [0.5, 0.6) is 0 Å². The lowest BCUT2D eigenvalue weighted by molar-refractivity contribution is 1.05. The quantitative estimate of drug-likeness (QED) is 0.662. The van der Waals surface area contributed by atoms with Crippen LogP contribution in [0.4, 0.5) is 0 Å². The van der Waals surface area contributed by atoms with Crippen molar-refractivity contribution in [3.05, 3.63) is 59.8 Å². The van der Waals surface area contributed by atoms with Crippen molar-refractivity contribution in [2.24, 2.45) is 0 Å². The van der Waals surface area contributed by atoms with Gasteiger partial charge in [0.1, 0.15) is 0 Å². The van der Waals surface area contributed by atoms with Crippen molar-refractivity contribution < 1.29 is 0 Å². The van der Waals surface area contributed by atoms with Crippen LogP contribution in [-0.4, -0.2) is 4.98 Å². The standard InChI is InChI=1S/C17H17N/c1-3-16-12(2)15-11-14(9-10-17(15)18-16)13-7-5-4-6-8-13/h4-11,18H,3H2,1-2H3. The van der Waals surface area contributed by atoms with E-state index in [1.807, 2.05) is 0 Å². The number of benzene rings is 2. The summed E-state index contributed by atoms with van der Waals surface area (Å²) in [6.45, 7) is 4.39. The second kappa shape index (κ2) is 4.34. The highest BCUT2D eigenvalue weighted by Gasteiger charge is 2.07. The molecule has 0 radical (unpaired) electrons. The maximum Gasteiger partial charge on any atom is 0.0459 e. The molecule has 0 unspecified atom stereocenters. The van der Waals surface area contributed by atoms with Crippen molar-refractivity contribution >= 4 is 10.9 Å². The number of aryl methyl sites for hydroxylation is 2. The maximum atomic E-state index is 3.49. The lowest BCUT2D eigenvalue weighted by Gasteiger charge is -2.02. The molecule has 2 aromatic carbocycles. The molecule has 0 saturated heterocycles. The van der Waals surface area contributed by atoms with E-state index in [0.29, 0.717) is 0 Å². The van der Waals surface area contributed by atoms with Gasteiger partial charge in [0.15, 0.2) is 0 Å². The first kappa shape index (κ1) is 11.1. The molecule has 1 heterocycles. The van der Waals surface area contributed by atoms with E-state index in [1.165, 1.54) is 33.3 Å². The van der Waals surface area contributed by atoms with E-state index in [4.69, 9.17) is 0 Å². The van der Waals surface area contributed by atoms with Gasteiger partial charge in [-0.2, -0.15) is 0 Å². The van der Waals surface area contributed by atoms with Gasteiger partial charge in [0.05, 0.1) is 0 Å². The van der Waals surface area contributed by atoms with Gasteiger partial charge in [-0.15, -0.1) is 0 Å². The van der Waals surface area contributed by atoms with E-state index >= 15 is 0 Å². The summed E-state index contributed by atoms with van der Waals surface area (Å²) in [5, 5.41) is 1.34. The van der Waals surface area contributed by atoms with E-state index in [9.17, 15) is 0 Å². The van der Waals surface area contributed by atoms with Gasteiger partial charge in [0, 0.05) is 16.6 Å². The van der Waals surface area contributed by atoms with E-state index < -0.39 is 0 Å². The van der Waals surface area contributed by atoms with E-state index in [-0.39, 0.29) is 0 Å². The molecule has 1 aromatic heterocycles. The molecule has 1 nitrogen and oxygen atoms in total. The van der Waals surface area contributed by atoms with Gasteiger partial charge in [-0.05, 0) is 42.2 Å². The Kier molecular flexibility index (Phi) is 2.67. The first-order chi connectivity index (χ1) is 8.79. The third-order valence-electron chi connectivity index (χ3n) is 3.62. The Hall–Kier alpha value is -2.02. The zero-order chi connectivity index (χ0) is 12.5. The Morgan fingerprint density at radius 3 is 2.44 bits per heavy atom. The Balaban J connectivity index is 2.19. The summed E-state index contributed by atoms with van der Waals surface area (Å²) in [5.41, 5.74) is 6.52. The first-order valence-corrected chi connectivity index (χ1v) is 6.46. The van der Waals surface area contributed by atoms with Gasteiger partial charge in [-0.3, -0.25) is 0 Å². The van der Waals surface area contributed by atoms with Crippen molar-refractivity contribution in [1.29, 1.82) is 0 Å². The largest absolute Gasteiger partial charge is 0.358 e. The highest BCUT2D eigenvalue weighted by atomic mass is 14.7. The maximum absolute atomic E-state index is 3.49. The van der Waals surface area contributed by atoms with Crippen LogP contribution in [0.15, 0.2) is 48.5 Å². The van der Waals surface area contributed by atoms with Crippen LogP contribution < -0.4 is 0 Å². The Morgan fingerprint density at radius 1 is 0.944 bits per heavy atom. The Labute approximate surface area is 107 Å². The lowest BCUT2D eigenvalue weighted by atomic mass is 10.0. The highest BCUT2D eigenvalue weighted by molar-refractivity contribution is 5.88. The predicted octanol–water partition coefficient (Wildman–Crippen LogP) is 4.71. The van der Waals surface area contributed by atoms with Gasteiger partial charge in [0.25, 0.3) is 0 Å². The summed E-state index contributed by atoms with van der Waals surface area (Å²) in [6, 6.07) is 17.2. The summed E-state index contributed by atoms with van der Waals surface area (Å²) in [6.07, 6.45) is 1.06. The van der Waals surface area contributed by atoms with Gasteiger partial charge in [-0.25, -0.2) is 0 Å². The number of H-pyrrole nitrogens is 1. The van der Waals surface area contributed by atoms with Crippen molar-refractivity contribution in [2.45, 2.75) is 20.3 Å². The molecule has 0 bridgehead atoms. The fourth-order valence-corrected chi connectivity index (χ4v) is 2.55. The number of rotatable bonds is 2. The Bertz CT molecular complexity index is 677. The molecule has 1 heteroatoms. The Morgan fingerprint density at radius 2 is 1.72 bits per heavy atom. The second-order valence-electron chi connectivity index (χ2n) is 4.71. The molecule has 0 fully saturated rings. The number of hydrogen-bond acceptors (Lipinski definition) is 0. The molecular formula is C17H17N. The molecule has 0 amide bonds. The fourth-order valence-electron chi connectivity index (χ4n) is 2.55. The summed E-state index contributed by atoms with van der Waals surface area (Å²) in [4.78, 5) is 3.49. The number of aromatic amines is 1. The lowest BCUT2D eigenvalue weighted by Crippen LogP contribution is -1.81. The monoisotopic (exact) mass is 235 g/mol. The minimum absolute atomic E-state index is 1.06. The molecule has 1 N–H and O–H groups in total. The summed E-state index contributed by atoms with van der Waals surface area (Å²) in [7, 11) is 0. The van der Waals surface area contributed by atoms with Crippen molar-refractivity contribution in [2.75, 3.05) is 0 Å². The molecule has 18 heavy (non-hydrogen) atoms. The zero-order valence-electron chi connectivity index (χ0n) is 10.8. The van der Waals surface area contributed by atoms with E-state index in [0.717, 1.165) is 6.42 Å². The van der Waals surface area contributed by atoms with Crippen LogP contribution in [0, 0.1) is 6.92 Å². The number of nitrogens with one attached hydrogen (secondary N) is 1. The molecule has 0 aliphatic rings. The van der Waals surface area contributed by atoms with Crippen LogP contribution in [0.3, 0.4) is 0 Å². The van der Waals surface area contributed by atoms with Gasteiger partial charge < -0.3 is 4.98 Å². The van der Waals surface area contributed by atoms with E-state index in [2.05, 4.69) is 67.4 Å². The summed E-state index contributed by atoms with van der Waals surface area (Å²) < 4.78 is 0. The molecular weight excluding hydrogens is 218 g/mol. The summed E-state index contributed by atoms with van der Waals surface area (Å²) >= 11 is 0. The van der Waals surface area contributed by atoms with Crippen LogP contribution in [-0.2, 0) is 6.42 Å². The number of fused-ring (bicyclic) bond motifs is 1. The molecule has 3 aromatic rings. The minimum Gasteiger partial charge on any atom is -0.358 e. The topological polar surface area (TPSA) is 15.8 Å². The normalized spacial score (nSPS) is 11.0. The minimum atomic E-state index is 1.06. The van der Waals surface area contributed by atoms with Crippen LogP contribution in [0.25, 0.3) is 22.0 Å². The van der Waals surface area contributed by atoms with Crippen molar-refractivity contribution in [3.63, 3.8) is 0 Å². The number of aromatic nitrogens is 1. The van der Waals surface area contributed by atoms with E-state index in [1.54, 1.807) is 0 Å². The van der Waals surface area contributed by atoms with Crippen LogP contribution in [0.2, 0.25) is 0 Å². The molecule has 0 spiro atoms. The SMILES string of the molecule is CCc1[nH]c2ccc(-c3ccccc3)cc2c1C. The molecule has 0 aliphatic heterocycles. The average molecular weight is 235 g/mol. The molecule has 0 aliphatic carbocycles. The molecule has 0 atom stereocenters. The molecule has 0 saturated carbocycles. The van der Waals surface area contributed by atoms with Crippen LogP contribution in [0.1, 0.15) is 18.2 Å². The second-order valence-corrected chi connectivity index (χ2v) is 4.71. The first-order valence-electron chi connectivity index (χ1n) is 6.46. The third kappa shape index (κ3) is 1.72. The fraction of sp³-hybridized carbons (Fsp3) is 0.176. The third-order valence-corrected chi connectivity index (χ3v) is 3.62. The molecule has 3 rings (SSSR count). The summed E-state index contributed by atoms with van der Waals surface area (Å²) in [5.74, 6) is 0. The molecule has 90 valence electrons. The van der Waals surface area contributed by atoms with Crippen molar-refractivity contribution in [1.82, 2.24) is 4.98 Å². The zero-order valence-corrected chi connectivity index (χ0v) is 10.8. The van der Waals surface area contributed by atoms with Crippen LogP contribution >= 0.6 is 0 Å².